The Hall–Kier alpha value is -1.78. The fourth-order valence-corrected chi connectivity index (χ4v) is 1.49. The third-order valence-corrected chi connectivity index (χ3v) is 2.32. The molecule has 0 spiro atoms. The SMILES string of the molecule is CCn1cncc1CNc1cnn(C)c1. The highest BCUT2D eigenvalue weighted by atomic mass is 15.3. The largest absolute Gasteiger partial charge is 0.377 e. The van der Waals surface area contributed by atoms with E-state index in [0.29, 0.717) is 0 Å². The number of aromatic nitrogens is 4. The van der Waals surface area contributed by atoms with Gasteiger partial charge in [-0.25, -0.2) is 4.98 Å². The molecule has 2 aromatic heterocycles. The number of nitrogens with one attached hydrogen (secondary N) is 1. The van der Waals surface area contributed by atoms with Crippen molar-refractivity contribution in [2.75, 3.05) is 5.32 Å². The van der Waals surface area contributed by atoms with Gasteiger partial charge >= 0.3 is 0 Å². The van der Waals surface area contributed by atoms with Crippen LogP contribution in [0.5, 0.6) is 0 Å². The molecule has 0 atom stereocenters. The van der Waals surface area contributed by atoms with Gasteiger partial charge < -0.3 is 9.88 Å². The summed E-state index contributed by atoms with van der Waals surface area (Å²) in [7, 11) is 1.90. The Morgan fingerprint density at radius 1 is 1.40 bits per heavy atom. The molecule has 0 aliphatic heterocycles. The van der Waals surface area contributed by atoms with E-state index in [0.717, 1.165) is 18.8 Å². The first-order valence-corrected chi connectivity index (χ1v) is 5.01. The summed E-state index contributed by atoms with van der Waals surface area (Å²) in [6.07, 6.45) is 7.49. The Morgan fingerprint density at radius 2 is 2.27 bits per heavy atom. The maximum Gasteiger partial charge on any atom is 0.0948 e. The van der Waals surface area contributed by atoms with E-state index in [1.165, 1.54) is 5.69 Å². The molecule has 15 heavy (non-hydrogen) atoms. The van der Waals surface area contributed by atoms with Crippen molar-refractivity contribution in [2.24, 2.45) is 7.05 Å². The van der Waals surface area contributed by atoms with Crippen LogP contribution in [-0.4, -0.2) is 19.3 Å². The van der Waals surface area contributed by atoms with Gasteiger partial charge in [0.2, 0.25) is 0 Å². The molecule has 0 aromatic carbocycles. The summed E-state index contributed by atoms with van der Waals surface area (Å²) in [6.45, 7) is 3.83. The van der Waals surface area contributed by atoms with Crippen LogP contribution in [0.15, 0.2) is 24.9 Å². The summed E-state index contributed by atoms with van der Waals surface area (Å²) in [5.41, 5.74) is 2.21. The van der Waals surface area contributed by atoms with Crippen LogP contribution in [0, 0.1) is 0 Å². The molecule has 0 fully saturated rings. The molecule has 5 heteroatoms. The average molecular weight is 205 g/mol. The number of hydrogen-bond acceptors (Lipinski definition) is 3. The average Bonchev–Trinajstić information content (AvgIpc) is 2.83. The van der Waals surface area contributed by atoms with Crippen molar-refractivity contribution in [1.29, 1.82) is 0 Å². The van der Waals surface area contributed by atoms with Crippen molar-refractivity contribution < 1.29 is 0 Å². The Bertz CT molecular complexity index is 428. The zero-order valence-corrected chi connectivity index (χ0v) is 9.01. The number of rotatable bonds is 4. The second-order valence-corrected chi connectivity index (χ2v) is 3.43. The van der Waals surface area contributed by atoms with E-state index in [1.54, 1.807) is 4.68 Å². The zero-order valence-electron chi connectivity index (χ0n) is 9.01. The number of hydrogen-bond donors (Lipinski definition) is 1. The molecule has 0 saturated carbocycles. The minimum absolute atomic E-state index is 0.777. The summed E-state index contributed by atoms with van der Waals surface area (Å²) >= 11 is 0. The second kappa shape index (κ2) is 4.16. The fourth-order valence-electron chi connectivity index (χ4n) is 1.49. The first-order chi connectivity index (χ1) is 7.29. The van der Waals surface area contributed by atoms with Gasteiger partial charge in [0.1, 0.15) is 0 Å². The monoisotopic (exact) mass is 205 g/mol. The summed E-state index contributed by atoms with van der Waals surface area (Å²) in [4.78, 5) is 4.11. The number of nitrogens with zero attached hydrogens (tertiary/aromatic N) is 4. The smallest absolute Gasteiger partial charge is 0.0948 e. The first-order valence-electron chi connectivity index (χ1n) is 5.01. The maximum absolute atomic E-state index is 4.11. The molecule has 0 aliphatic rings. The predicted molar refractivity (Wildman–Crippen MR) is 58.4 cm³/mol. The predicted octanol–water partition coefficient (Wildman–Crippen LogP) is 1.25. The Balaban J connectivity index is 1.98. The van der Waals surface area contributed by atoms with Gasteiger partial charge in [-0.2, -0.15) is 5.10 Å². The van der Waals surface area contributed by atoms with Crippen molar-refractivity contribution >= 4 is 5.69 Å². The van der Waals surface area contributed by atoms with Crippen LogP contribution in [0.2, 0.25) is 0 Å². The third kappa shape index (κ3) is 2.18. The molecule has 0 bridgehead atoms. The molecule has 2 heterocycles. The standard InChI is InChI=1S/C10H15N5/c1-3-15-8-11-5-10(15)6-12-9-4-13-14(2)7-9/h4-5,7-8,12H,3,6H2,1-2H3. The van der Waals surface area contributed by atoms with Crippen molar-refractivity contribution in [1.82, 2.24) is 19.3 Å². The number of imidazole rings is 1. The first kappa shape index (κ1) is 9.76. The Morgan fingerprint density at radius 3 is 2.93 bits per heavy atom. The van der Waals surface area contributed by atoms with Crippen LogP contribution in [-0.2, 0) is 20.1 Å². The van der Waals surface area contributed by atoms with Crippen LogP contribution in [0.4, 0.5) is 5.69 Å². The number of aryl methyl sites for hydroxylation is 2. The normalized spacial score (nSPS) is 10.5. The van der Waals surface area contributed by atoms with Gasteiger partial charge in [-0.3, -0.25) is 4.68 Å². The van der Waals surface area contributed by atoms with Gasteiger partial charge in [-0.1, -0.05) is 0 Å². The van der Waals surface area contributed by atoms with Crippen molar-refractivity contribution in [3.63, 3.8) is 0 Å². The highest BCUT2D eigenvalue weighted by Crippen LogP contribution is 2.07. The molecule has 1 N–H and O–H groups in total. The van der Waals surface area contributed by atoms with Gasteiger partial charge in [0, 0.05) is 26.0 Å². The Labute approximate surface area is 88.7 Å². The van der Waals surface area contributed by atoms with Crippen molar-refractivity contribution in [3.05, 3.63) is 30.6 Å². The lowest BCUT2D eigenvalue weighted by Gasteiger charge is -2.05. The van der Waals surface area contributed by atoms with Gasteiger partial charge in [0.15, 0.2) is 0 Å². The molecule has 0 radical (unpaired) electrons. The molecular formula is C10H15N5. The van der Waals surface area contributed by atoms with Crippen molar-refractivity contribution in [3.8, 4) is 0 Å². The van der Waals surface area contributed by atoms with E-state index in [-0.39, 0.29) is 0 Å². The molecule has 0 amide bonds. The van der Waals surface area contributed by atoms with Gasteiger partial charge in [-0.05, 0) is 6.92 Å². The molecule has 2 rings (SSSR count). The fraction of sp³-hybridized carbons (Fsp3) is 0.400. The lowest BCUT2D eigenvalue weighted by atomic mass is 10.4. The Kier molecular flexibility index (Phi) is 2.71. The molecule has 5 nitrogen and oxygen atoms in total. The van der Waals surface area contributed by atoms with E-state index in [2.05, 4.69) is 26.9 Å². The van der Waals surface area contributed by atoms with Gasteiger partial charge in [0.05, 0.1) is 30.5 Å². The van der Waals surface area contributed by atoms with E-state index in [9.17, 15) is 0 Å². The molecule has 80 valence electrons. The van der Waals surface area contributed by atoms with Crippen LogP contribution >= 0.6 is 0 Å². The lowest BCUT2D eigenvalue weighted by Crippen LogP contribution is -2.05. The zero-order chi connectivity index (χ0) is 10.7. The van der Waals surface area contributed by atoms with Gasteiger partial charge in [0.25, 0.3) is 0 Å². The number of anilines is 1. The highest BCUT2D eigenvalue weighted by molar-refractivity contribution is 5.38. The summed E-state index contributed by atoms with van der Waals surface area (Å²) in [5, 5.41) is 7.39. The van der Waals surface area contributed by atoms with Crippen LogP contribution in [0.25, 0.3) is 0 Å². The van der Waals surface area contributed by atoms with E-state index < -0.39 is 0 Å². The quantitative estimate of drug-likeness (QED) is 0.817. The van der Waals surface area contributed by atoms with Crippen LogP contribution in [0.3, 0.4) is 0 Å². The molecular weight excluding hydrogens is 190 g/mol. The van der Waals surface area contributed by atoms with Gasteiger partial charge in [-0.15, -0.1) is 0 Å². The van der Waals surface area contributed by atoms with E-state index in [4.69, 9.17) is 0 Å². The van der Waals surface area contributed by atoms with Crippen LogP contribution in [0.1, 0.15) is 12.6 Å². The summed E-state index contributed by atoms with van der Waals surface area (Å²) in [5.74, 6) is 0. The topological polar surface area (TPSA) is 47.7 Å². The van der Waals surface area contributed by atoms with E-state index in [1.807, 2.05) is 32.0 Å². The van der Waals surface area contributed by atoms with Crippen molar-refractivity contribution in [2.45, 2.75) is 20.0 Å². The molecule has 0 saturated heterocycles. The third-order valence-electron chi connectivity index (χ3n) is 2.32. The summed E-state index contributed by atoms with van der Waals surface area (Å²) in [6, 6.07) is 0. The minimum Gasteiger partial charge on any atom is -0.377 e. The molecule has 2 aromatic rings. The van der Waals surface area contributed by atoms with Crippen LogP contribution < -0.4 is 5.32 Å². The molecule has 0 aliphatic carbocycles. The minimum atomic E-state index is 0.777. The highest BCUT2D eigenvalue weighted by Gasteiger charge is 2.00. The lowest BCUT2D eigenvalue weighted by molar-refractivity contribution is 0.719. The second-order valence-electron chi connectivity index (χ2n) is 3.43. The maximum atomic E-state index is 4.11. The molecule has 0 unspecified atom stereocenters. The van der Waals surface area contributed by atoms with E-state index >= 15 is 0 Å². The summed E-state index contributed by atoms with van der Waals surface area (Å²) < 4.78 is 3.89.